The Bertz CT molecular complexity index is 611. The Morgan fingerprint density at radius 1 is 1.53 bits per heavy atom. The summed E-state index contributed by atoms with van der Waals surface area (Å²) in [6, 6.07) is 6.42. The molecule has 2 N–H and O–H groups in total. The zero-order valence-electron chi connectivity index (χ0n) is 10.4. The SMILES string of the molecule is N#Cc1cnc(N(Cc2ccsc2)C2CC2)c(N)c1. The van der Waals surface area contributed by atoms with Crippen molar-refractivity contribution in [2.75, 3.05) is 10.6 Å². The third kappa shape index (κ3) is 2.54. The highest BCUT2D eigenvalue weighted by molar-refractivity contribution is 7.07. The molecule has 2 heterocycles. The van der Waals surface area contributed by atoms with Gasteiger partial charge in [-0.15, -0.1) is 0 Å². The number of nitriles is 1. The van der Waals surface area contributed by atoms with Crippen molar-refractivity contribution in [3.8, 4) is 6.07 Å². The number of aromatic nitrogens is 1. The molecule has 1 fully saturated rings. The highest BCUT2D eigenvalue weighted by Gasteiger charge is 2.31. The van der Waals surface area contributed by atoms with Crippen molar-refractivity contribution < 1.29 is 0 Å². The normalized spacial score (nSPS) is 14.1. The van der Waals surface area contributed by atoms with E-state index in [1.807, 2.05) is 0 Å². The predicted octanol–water partition coefficient (Wildman–Crippen LogP) is 2.77. The fourth-order valence-electron chi connectivity index (χ4n) is 2.12. The highest BCUT2D eigenvalue weighted by atomic mass is 32.1. The molecule has 1 aliphatic rings. The second-order valence-corrected chi connectivity index (χ2v) is 5.52. The zero-order valence-corrected chi connectivity index (χ0v) is 11.2. The molecule has 0 aromatic carbocycles. The van der Waals surface area contributed by atoms with E-state index < -0.39 is 0 Å². The third-order valence-corrected chi connectivity index (χ3v) is 3.95. The average molecular weight is 270 g/mol. The summed E-state index contributed by atoms with van der Waals surface area (Å²) in [4.78, 5) is 6.62. The van der Waals surface area contributed by atoms with E-state index in [0.29, 0.717) is 17.3 Å². The summed E-state index contributed by atoms with van der Waals surface area (Å²) in [5.74, 6) is 0.799. The van der Waals surface area contributed by atoms with Crippen LogP contribution in [0.25, 0.3) is 0 Å². The van der Waals surface area contributed by atoms with Crippen LogP contribution in [0.15, 0.2) is 29.1 Å². The molecule has 3 rings (SSSR count). The molecule has 0 radical (unpaired) electrons. The maximum atomic E-state index is 8.86. The molecule has 1 saturated carbocycles. The highest BCUT2D eigenvalue weighted by Crippen LogP contribution is 2.35. The number of rotatable bonds is 4. The number of nitrogen functional groups attached to an aromatic ring is 1. The minimum Gasteiger partial charge on any atom is -0.396 e. The molecule has 0 unspecified atom stereocenters. The maximum Gasteiger partial charge on any atom is 0.152 e. The lowest BCUT2D eigenvalue weighted by atomic mass is 10.2. The summed E-state index contributed by atoms with van der Waals surface area (Å²) in [5, 5.41) is 13.1. The lowest BCUT2D eigenvalue weighted by Gasteiger charge is -2.24. The Hall–Kier alpha value is -2.06. The van der Waals surface area contributed by atoms with Crippen LogP contribution in [0, 0.1) is 11.3 Å². The van der Waals surface area contributed by atoms with Gasteiger partial charge in [0, 0.05) is 18.8 Å². The van der Waals surface area contributed by atoms with Gasteiger partial charge in [-0.1, -0.05) is 0 Å². The van der Waals surface area contributed by atoms with Crippen molar-refractivity contribution in [1.82, 2.24) is 4.98 Å². The zero-order chi connectivity index (χ0) is 13.2. The minimum absolute atomic E-state index is 0.507. The van der Waals surface area contributed by atoms with Crippen LogP contribution in [0.2, 0.25) is 0 Å². The van der Waals surface area contributed by atoms with Crippen LogP contribution in [0.1, 0.15) is 24.0 Å². The standard InChI is InChI=1S/C14H14N4S/c15-6-11-5-13(16)14(17-7-11)18(12-1-2-12)8-10-3-4-19-9-10/h3-5,7,9,12H,1-2,8,16H2. The molecule has 5 heteroatoms. The smallest absolute Gasteiger partial charge is 0.152 e. The van der Waals surface area contributed by atoms with Crippen LogP contribution >= 0.6 is 11.3 Å². The van der Waals surface area contributed by atoms with E-state index in [1.165, 1.54) is 18.4 Å². The van der Waals surface area contributed by atoms with E-state index in [9.17, 15) is 0 Å². The number of pyridine rings is 1. The molecule has 0 spiro atoms. The molecule has 2 aromatic rings. The Morgan fingerprint density at radius 3 is 2.95 bits per heavy atom. The van der Waals surface area contributed by atoms with Crippen LogP contribution < -0.4 is 10.6 Å². The van der Waals surface area contributed by atoms with Gasteiger partial charge in [0.05, 0.1) is 11.3 Å². The second kappa shape index (κ2) is 4.90. The van der Waals surface area contributed by atoms with Crippen LogP contribution in [-0.2, 0) is 6.54 Å². The Kier molecular flexibility index (Phi) is 3.10. The summed E-state index contributed by atoms with van der Waals surface area (Å²) in [7, 11) is 0. The number of nitrogens with zero attached hydrogens (tertiary/aromatic N) is 3. The molecular weight excluding hydrogens is 256 g/mol. The number of hydrogen-bond acceptors (Lipinski definition) is 5. The van der Waals surface area contributed by atoms with Gasteiger partial charge in [-0.3, -0.25) is 0 Å². The fourth-order valence-corrected chi connectivity index (χ4v) is 2.78. The van der Waals surface area contributed by atoms with E-state index >= 15 is 0 Å². The van der Waals surface area contributed by atoms with Gasteiger partial charge >= 0.3 is 0 Å². The number of thiophene rings is 1. The first-order valence-corrected chi connectivity index (χ1v) is 7.15. The maximum absolute atomic E-state index is 8.86. The molecule has 0 atom stereocenters. The van der Waals surface area contributed by atoms with Crippen molar-refractivity contribution in [3.05, 3.63) is 40.2 Å². The first-order chi connectivity index (χ1) is 9.28. The first kappa shape index (κ1) is 12.0. The Balaban J connectivity index is 1.90. The van der Waals surface area contributed by atoms with Crippen LogP contribution in [0.5, 0.6) is 0 Å². The fraction of sp³-hybridized carbons (Fsp3) is 0.286. The predicted molar refractivity (Wildman–Crippen MR) is 76.9 cm³/mol. The third-order valence-electron chi connectivity index (χ3n) is 3.22. The van der Waals surface area contributed by atoms with Gasteiger partial charge in [0.15, 0.2) is 5.82 Å². The van der Waals surface area contributed by atoms with Gasteiger partial charge in [-0.05, 0) is 41.3 Å². The molecule has 0 bridgehead atoms. The number of anilines is 2. The van der Waals surface area contributed by atoms with E-state index in [1.54, 1.807) is 23.6 Å². The van der Waals surface area contributed by atoms with Crippen LogP contribution in [0.3, 0.4) is 0 Å². The topological polar surface area (TPSA) is 65.9 Å². The van der Waals surface area contributed by atoms with Crippen molar-refractivity contribution in [2.24, 2.45) is 0 Å². The summed E-state index contributed by atoms with van der Waals surface area (Å²) in [6.45, 7) is 0.831. The largest absolute Gasteiger partial charge is 0.396 e. The molecule has 2 aromatic heterocycles. The monoisotopic (exact) mass is 270 g/mol. The number of nitrogens with two attached hydrogens (primary N) is 1. The van der Waals surface area contributed by atoms with E-state index in [2.05, 4.69) is 32.8 Å². The molecule has 19 heavy (non-hydrogen) atoms. The van der Waals surface area contributed by atoms with Crippen LogP contribution in [0.4, 0.5) is 11.5 Å². The molecule has 0 aliphatic heterocycles. The van der Waals surface area contributed by atoms with Gasteiger partial charge in [-0.25, -0.2) is 4.98 Å². The summed E-state index contributed by atoms with van der Waals surface area (Å²) < 4.78 is 0. The first-order valence-electron chi connectivity index (χ1n) is 6.21. The number of hydrogen-bond donors (Lipinski definition) is 1. The summed E-state index contributed by atoms with van der Waals surface area (Å²) >= 11 is 1.70. The van der Waals surface area contributed by atoms with Crippen molar-refractivity contribution >= 4 is 22.8 Å². The summed E-state index contributed by atoms with van der Waals surface area (Å²) in [6.07, 6.45) is 3.96. The molecular formula is C14H14N4S. The van der Waals surface area contributed by atoms with Gasteiger partial charge in [-0.2, -0.15) is 16.6 Å². The van der Waals surface area contributed by atoms with E-state index in [4.69, 9.17) is 11.0 Å². The van der Waals surface area contributed by atoms with E-state index in [0.717, 1.165) is 12.4 Å². The van der Waals surface area contributed by atoms with Gasteiger partial charge in [0.1, 0.15) is 6.07 Å². The van der Waals surface area contributed by atoms with Gasteiger partial charge < -0.3 is 10.6 Å². The van der Waals surface area contributed by atoms with Crippen molar-refractivity contribution in [1.29, 1.82) is 5.26 Å². The molecule has 4 nitrogen and oxygen atoms in total. The van der Waals surface area contributed by atoms with Gasteiger partial charge in [0.2, 0.25) is 0 Å². The quantitative estimate of drug-likeness (QED) is 0.927. The lowest BCUT2D eigenvalue weighted by molar-refractivity contribution is 0.781. The van der Waals surface area contributed by atoms with Crippen LogP contribution in [-0.4, -0.2) is 11.0 Å². The van der Waals surface area contributed by atoms with Crippen molar-refractivity contribution in [3.63, 3.8) is 0 Å². The van der Waals surface area contributed by atoms with Crippen molar-refractivity contribution in [2.45, 2.75) is 25.4 Å². The van der Waals surface area contributed by atoms with E-state index in [-0.39, 0.29) is 0 Å². The average Bonchev–Trinajstić information content (AvgIpc) is 3.14. The summed E-state index contributed by atoms with van der Waals surface area (Å²) in [5.41, 5.74) is 8.41. The second-order valence-electron chi connectivity index (χ2n) is 4.74. The Morgan fingerprint density at radius 2 is 2.37 bits per heavy atom. The Labute approximate surface area is 116 Å². The molecule has 96 valence electrons. The molecule has 0 amide bonds. The lowest BCUT2D eigenvalue weighted by Crippen LogP contribution is -2.26. The molecule has 0 saturated heterocycles. The minimum atomic E-state index is 0.507. The molecule has 1 aliphatic carbocycles. The van der Waals surface area contributed by atoms with Gasteiger partial charge in [0.25, 0.3) is 0 Å².